The molecule has 1 atom stereocenters. The molecule has 0 unspecified atom stereocenters. The Morgan fingerprint density at radius 3 is 3.12 bits per heavy atom. The maximum absolute atomic E-state index is 5.95. The van der Waals surface area contributed by atoms with E-state index in [1.54, 1.807) is 24.2 Å². The predicted octanol–water partition coefficient (Wildman–Crippen LogP) is 1.88. The van der Waals surface area contributed by atoms with Crippen LogP contribution in [-0.4, -0.2) is 27.1 Å². The van der Waals surface area contributed by atoms with E-state index in [2.05, 4.69) is 15.1 Å². The van der Waals surface area contributed by atoms with Gasteiger partial charge in [0.15, 0.2) is 0 Å². The Bertz CT molecular complexity index is 460. The molecule has 2 rings (SSSR count). The van der Waals surface area contributed by atoms with Gasteiger partial charge in [-0.25, -0.2) is 0 Å². The van der Waals surface area contributed by atoms with Gasteiger partial charge in [0, 0.05) is 18.0 Å². The summed E-state index contributed by atoms with van der Waals surface area (Å²) in [6.07, 6.45) is 6.27. The van der Waals surface area contributed by atoms with Crippen LogP contribution in [0.1, 0.15) is 18.4 Å². The molecule has 0 aliphatic heterocycles. The summed E-state index contributed by atoms with van der Waals surface area (Å²) in [7, 11) is 0. The highest BCUT2D eigenvalue weighted by Crippen LogP contribution is 2.18. The van der Waals surface area contributed by atoms with E-state index in [1.807, 2.05) is 18.4 Å². The first-order valence-electron chi connectivity index (χ1n) is 5.30. The lowest BCUT2D eigenvalue weighted by Gasteiger charge is -2.03. The molecule has 0 spiro atoms. The van der Waals surface area contributed by atoms with Crippen molar-refractivity contribution in [1.29, 1.82) is 0 Å². The number of pyridine rings is 1. The Hall–Kier alpha value is -1.40. The normalized spacial score (nSPS) is 12.6. The lowest BCUT2D eigenvalue weighted by atomic mass is 10.2. The Morgan fingerprint density at radius 1 is 1.53 bits per heavy atom. The molecule has 0 bridgehead atoms. The Balaban J connectivity index is 2.11. The third-order valence-corrected chi connectivity index (χ3v) is 2.96. The van der Waals surface area contributed by atoms with E-state index in [-0.39, 0.29) is 6.04 Å². The summed E-state index contributed by atoms with van der Waals surface area (Å²) < 4.78 is 5.15. The summed E-state index contributed by atoms with van der Waals surface area (Å²) >= 11 is 1.75. The molecule has 0 saturated carbocycles. The molecule has 0 amide bonds. The molecule has 0 aliphatic rings. The van der Waals surface area contributed by atoms with Crippen molar-refractivity contribution >= 4 is 11.8 Å². The molecule has 0 saturated heterocycles. The minimum atomic E-state index is -0.194. The van der Waals surface area contributed by atoms with E-state index >= 15 is 0 Å². The summed E-state index contributed by atoms with van der Waals surface area (Å²) in [6.45, 7) is 0. The molecule has 5 nitrogen and oxygen atoms in total. The second kappa shape index (κ2) is 5.79. The van der Waals surface area contributed by atoms with Gasteiger partial charge in [-0.05, 0) is 30.6 Å². The molecule has 17 heavy (non-hydrogen) atoms. The highest BCUT2D eigenvalue weighted by atomic mass is 32.2. The van der Waals surface area contributed by atoms with Gasteiger partial charge in [0.25, 0.3) is 0 Å². The Labute approximate surface area is 104 Å². The van der Waals surface area contributed by atoms with Crippen LogP contribution in [0.25, 0.3) is 11.4 Å². The zero-order valence-corrected chi connectivity index (χ0v) is 10.4. The zero-order chi connectivity index (χ0) is 12.1. The summed E-state index contributed by atoms with van der Waals surface area (Å²) in [6, 6.07) is 3.52. The number of nitrogens with zero attached hydrogens (tertiary/aromatic N) is 3. The monoisotopic (exact) mass is 250 g/mol. The maximum Gasteiger partial charge on any atom is 0.243 e. The van der Waals surface area contributed by atoms with Gasteiger partial charge in [0.2, 0.25) is 11.7 Å². The third-order valence-electron chi connectivity index (χ3n) is 2.31. The third kappa shape index (κ3) is 3.04. The van der Waals surface area contributed by atoms with E-state index in [1.165, 1.54) is 0 Å². The summed E-state index contributed by atoms with van der Waals surface area (Å²) in [5.41, 5.74) is 6.78. The van der Waals surface area contributed by atoms with Crippen LogP contribution in [0.4, 0.5) is 0 Å². The lowest BCUT2D eigenvalue weighted by molar-refractivity contribution is 0.353. The second-order valence-electron chi connectivity index (χ2n) is 3.59. The summed E-state index contributed by atoms with van der Waals surface area (Å²) in [4.78, 5) is 8.29. The molecular weight excluding hydrogens is 236 g/mol. The zero-order valence-electron chi connectivity index (χ0n) is 9.54. The number of aromatic nitrogens is 3. The molecule has 90 valence electrons. The number of hydrogen-bond acceptors (Lipinski definition) is 6. The highest BCUT2D eigenvalue weighted by Gasteiger charge is 2.15. The van der Waals surface area contributed by atoms with Crippen molar-refractivity contribution in [1.82, 2.24) is 15.1 Å². The van der Waals surface area contributed by atoms with Gasteiger partial charge >= 0.3 is 0 Å². The fourth-order valence-corrected chi connectivity index (χ4v) is 1.86. The van der Waals surface area contributed by atoms with E-state index < -0.39 is 0 Å². The highest BCUT2D eigenvalue weighted by molar-refractivity contribution is 7.98. The fraction of sp³-hybridized carbons (Fsp3) is 0.364. The topological polar surface area (TPSA) is 77.8 Å². The van der Waals surface area contributed by atoms with Gasteiger partial charge in [-0.2, -0.15) is 16.7 Å². The van der Waals surface area contributed by atoms with Gasteiger partial charge in [0.05, 0.1) is 6.04 Å². The van der Waals surface area contributed by atoms with Crippen molar-refractivity contribution < 1.29 is 4.52 Å². The van der Waals surface area contributed by atoms with Crippen LogP contribution in [0, 0.1) is 0 Å². The average molecular weight is 250 g/mol. The van der Waals surface area contributed by atoms with Crippen molar-refractivity contribution in [3.05, 3.63) is 30.4 Å². The van der Waals surface area contributed by atoms with Crippen LogP contribution in [-0.2, 0) is 0 Å². The maximum atomic E-state index is 5.95. The van der Waals surface area contributed by atoms with Gasteiger partial charge in [-0.1, -0.05) is 5.16 Å². The molecule has 0 fully saturated rings. The molecule has 2 N–H and O–H groups in total. The standard InChI is InChI=1S/C11H14N4OS/c1-17-6-4-9(12)11-14-10(15-16-11)8-3-2-5-13-7-8/h2-3,5,7,9H,4,6,12H2,1H3/t9-/m0/s1. The number of hydrogen-bond donors (Lipinski definition) is 1. The van der Waals surface area contributed by atoms with Gasteiger partial charge in [-0.3, -0.25) is 4.98 Å². The van der Waals surface area contributed by atoms with Crippen LogP contribution in [0.15, 0.2) is 29.0 Å². The van der Waals surface area contributed by atoms with Crippen LogP contribution < -0.4 is 5.73 Å². The van der Waals surface area contributed by atoms with Crippen LogP contribution >= 0.6 is 11.8 Å². The van der Waals surface area contributed by atoms with Crippen molar-refractivity contribution in [2.75, 3.05) is 12.0 Å². The fourth-order valence-electron chi connectivity index (χ4n) is 1.37. The van der Waals surface area contributed by atoms with E-state index in [4.69, 9.17) is 10.3 Å². The van der Waals surface area contributed by atoms with Gasteiger partial charge in [-0.15, -0.1) is 0 Å². The number of rotatable bonds is 5. The average Bonchev–Trinajstić information content (AvgIpc) is 2.86. The van der Waals surface area contributed by atoms with Crippen LogP contribution in [0.2, 0.25) is 0 Å². The number of thioether (sulfide) groups is 1. The molecule has 2 aromatic rings. The lowest BCUT2D eigenvalue weighted by Crippen LogP contribution is -2.11. The minimum absolute atomic E-state index is 0.194. The smallest absolute Gasteiger partial charge is 0.243 e. The van der Waals surface area contributed by atoms with Crippen molar-refractivity contribution in [3.8, 4) is 11.4 Å². The molecule has 6 heteroatoms. The summed E-state index contributed by atoms with van der Waals surface area (Å²) in [5, 5.41) is 3.90. The van der Waals surface area contributed by atoms with E-state index in [0.29, 0.717) is 11.7 Å². The Morgan fingerprint density at radius 2 is 2.41 bits per heavy atom. The van der Waals surface area contributed by atoms with Crippen LogP contribution in [0.5, 0.6) is 0 Å². The minimum Gasteiger partial charge on any atom is -0.337 e. The molecule has 2 aromatic heterocycles. The molecule has 2 heterocycles. The molecule has 0 radical (unpaired) electrons. The van der Waals surface area contributed by atoms with Crippen molar-refractivity contribution in [2.45, 2.75) is 12.5 Å². The van der Waals surface area contributed by atoms with Gasteiger partial charge in [0.1, 0.15) is 0 Å². The predicted molar refractivity (Wildman–Crippen MR) is 67.5 cm³/mol. The van der Waals surface area contributed by atoms with Crippen molar-refractivity contribution in [2.24, 2.45) is 5.73 Å². The largest absolute Gasteiger partial charge is 0.337 e. The van der Waals surface area contributed by atoms with Crippen LogP contribution in [0.3, 0.4) is 0 Å². The second-order valence-corrected chi connectivity index (χ2v) is 4.57. The molecular formula is C11H14N4OS. The Kier molecular flexibility index (Phi) is 4.11. The molecule has 0 aromatic carbocycles. The summed E-state index contributed by atoms with van der Waals surface area (Å²) in [5.74, 6) is 2.00. The van der Waals surface area contributed by atoms with E-state index in [9.17, 15) is 0 Å². The first kappa shape index (κ1) is 12.1. The number of nitrogens with two attached hydrogens (primary N) is 1. The first-order chi connectivity index (χ1) is 8.31. The first-order valence-corrected chi connectivity index (χ1v) is 6.69. The van der Waals surface area contributed by atoms with E-state index in [0.717, 1.165) is 17.7 Å². The SMILES string of the molecule is CSCC[C@H](N)c1nc(-c2cccnc2)no1. The quantitative estimate of drug-likeness (QED) is 0.873. The van der Waals surface area contributed by atoms with Crippen molar-refractivity contribution in [3.63, 3.8) is 0 Å². The van der Waals surface area contributed by atoms with Gasteiger partial charge < -0.3 is 10.3 Å². The molecule has 0 aliphatic carbocycles.